The van der Waals surface area contributed by atoms with Crippen molar-refractivity contribution in [3.05, 3.63) is 23.8 Å². The first kappa shape index (κ1) is 11.1. The molecule has 0 unspecified atom stereocenters. The number of carbonyl (C=O) groups is 1. The van der Waals surface area contributed by atoms with Crippen LogP contribution in [0, 0.1) is 5.92 Å². The molecule has 2 fully saturated rings. The number of likely N-dealkylation sites (tertiary alicyclic amines) is 1. The Kier molecular flexibility index (Phi) is 2.12. The third-order valence-corrected chi connectivity index (χ3v) is 4.27. The van der Waals surface area contributed by atoms with Gasteiger partial charge in [0.25, 0.3) is 5.91 Å². The fraction of sp³-hybridized carbons (Fsp3) is 0.500. The van der Waals surface area contributed by atoms with Crippen LogP contribution in [0.25, 0.3) is 0 Å². The third kappa shape index (κ3) is 1.69. The van der Waals surface area contributed by atoms with Crippen LogP contribution in [0.5, 0.6) is 11.5 Å². The van der Waals surface area contributed by atoms with E-state index in [1.807, 2.05) is 4.90 Å². The van der Waals surface area contributed by atoms with Gasteiger partial charge in [-0.25, -0.2) is 0 Å². The normalized spacial score (nSPS) is 23.1. The van der Waals surface area contributed by atoms with Gasteiger partial charge in [-0.05, 0) is 37.0 Å². The van der Waals surface area contributed by atoms with E-state index in [1.54, 1.807) is 18.2 Å². The zero-order valence-electron chi connectivity index (χ0n) is 10.6. The number of hydrogen-bond donors (Lipinski definition) is 1. The summed E-state index contributed by atoms with van der Waals surface area (Å²) in [6.45, 7) is 1.57. The molecule has 1 aromatic rings. The standard InChI is InChI=1S/C14H16N2O3/c15-14(10-2-3-10)6-16(7-14)13(17)9-1-4-11-12(5-9)19-8-18-11/h1,4-5,10H,2-3,6-8,15H2. The highest BCUT2D eigenvalue weighted by Crippen LogP contribution is 2.43. The maximum atomic E-state index is 12.3. The van der Waals surface area contributed by atoms with Crippen molar-refractivity contribution in [3.63, 3.8) is 0 Å². The zero-order valence-corrected chi connectivity index (χ0v) is 10.6. The number of fused-ring (bicyclic) bond motifs is 1. The van der Waals surface area contributed by atoms with Crippen molar-refractivity contribution in [2.75, 3.05) is 19.9 Å². The molecule has 1 amide bonds. The molecule has 0 spiro atoms. The van der Waals surface area contributed by atoms with Crippen LogP contribution in [-0.4, -0.2) is 36.2 Å². The second kappa shape index (κ2) is 3.63. The van der Waals surface area contributed by atoms with Gasteiger partial charge in [0, 0.05) is 18.7 Å². The van der Waals surface area contributed by atoms with Crippen molar-refractivity contribution in [1.29, 1.82) is 0 Å². The SMILES string of the molecule is NC1(C2CC2)CN(C(=O)c2ccc3c(c2)OCO3)C1. The third-order valence-electron chi connectivity index (χ3n) is 4.27. The fourth-order valence-electron chi connectivity index (χ4n) is 2.94. The summed E-state index contributed by atoms with van der Waals surface area (Å²) in [4.78, 5) is 14.1. The number of hydrogen-bond acceptors (Lipinski definition) is 4. The van der Waals surface area contributed by atoms with Crippen LogP contribution in [0.15, 0.2) is 18.2 Å². The van der Waals surface area contributed by atoms with Gasteiger partial charge < -0.3 is 20.1 Å². The Labute approximate surface area is 111 Å². The fourth-order valence-corrected chi connectivity index (χ4v) is 2.94. The van der Waals surface area contributed by atoms with Crippen LogP contribution in [0.2, 0.25) is 0 Å². The zero-order chi connectivity index (χ0) is 13.0. The second-order valence-corrected chi connectivity index (χ2v) is 5.74. The summed E-state index contributed by atoms with van der Waals surface area (Å²) in [5.74, 6) is 1.99. The number of rotatable bonds is 2. The molecule has 19 heavy (non-hydrogen) atoms. The van der Waals surface area contributed by atoms with Crippen molar-refractivity contribution >= 4 is 5.91 Å². The quantitative estimate of drug-likeness (QED) is 0.861. The predicted octanol–water partition coefficient (Wildman–Crippen LogP) is 0.979. The van der Waals surface area contributed by atoms with Crippen molar-refractivity contribution < 1.29 is 14.3 Å². The molecule has 3 aliphatic rings. The molecule has 5 heteroatoms. The first-order valence-electron chi connectivity index (χ1n) is 6.63. The largest absolute Gasteiger partial charge is 0.454 e. The molecule has 1 aromatic carbocycles. The average molecular weight is 260 g/mol. The van der Waals surface area contributed by atoms with Crippen LogP contribution >= 0.6 is 0 Å². The summed E-state index contributed by atoms with van der Waals surface area (Å²) in [6.07, 6.45) is 2.42. The van der Waals surface area contributed by atoms with Gasteiger partial charge in [0.05, 0.1) is 5.54 Å². The van der Waals surface area contributed by atoms with E-state index in [9.17, 15) is 4.79 Å². The molecular formula is C14H16N2O3. The summed E-state index contributed by atoms with van der Waals surface area (Å²) in [6, 6.07) is 5.31. The van der Waals surface area contributed by atoms with Gasteiger partial charge in [-0.3, -0.25) is 4.79 Å². The van der Waals surface area contributed by atoms with E-state index in [-0.39, 0.29) is 18.2 Å². The van der Waals surface area contributed by atoms with Gasteiger partial charge >= 0.3 is 0 Å². The number of nitrogens with zero attached hydrogens (tertiary/aromatic N) is 1. The Hall–Kier alpha value is -1.75. The maximum Gasteiger partial charge on any atom is 0.254 e. The lowest BCUT2D eigenvalue weighted by molar-refractivity contribution is 0.0350. The number of benzene rings is 1. The van der Waals surface area contributed by atoms with E-state index in [1.165, 1.54) is 12.8 Å². The Balaban J connectivity index is 1.49. The van der Waals surface area contributed by atoms with E-state index in [0.717, 1.165) is 0 Å². The van der Waals surface area contributed by atoms with Crippen molar-refractivity contribution in [2.24, 2.45) is 11.7 Å². The van der Waals surface area contributed by atoms with Crippen LogP contribution in [0.1, 0.15) is 23.2 Å². The number of carbonyl (C=O) groups excluding carboxylic acids is 1. The minimum Gasteiger partial charge on any atom is -0.454 e. The molecule has 0 atom stereocenters. The van der Waals surface area contributed by atoms with Crippen molar-refractivity contribution in [2.45, 2.75) is 18.4 Å². The van der Waals surface area contributed by atoms with Gasteiger partial charge in [0.15, 0.2) is 11.5 Å². The molecule has 1 saturated heterocycles. The van der Waals surface area contributed by atoms with Crippen molar-refractivity contribution in [1.82, 2.24) is 4.90 Å². The average Bonchev–Trinajstić information content (AvgIpc) is 3.12. The molecule has 2 heterocycles. The summed E-state index contributed by atoms with van der Waals surface area (Å²) < 4.78 is 10.5. The number of amides is 1. The Morgan fingerprint density at radius 2 is 2.00 bits per heavy atom. The molecule has 2 N–H and O–H groups in total. The van der Waals surface area contributed by atoms with Crippen molar-refractivity contribution in [3.8, 4) is 11.5 Å². The summed E-state index contributed by atoms with van der Waals surface area (Å²) >= 11 is 0. The Bertz CT molecular complexity index is 548. The molecule has 2 aliphatic heterocycles. The van der Waals surface area contributed by atoms with E-state index >= 15 is 0 Å². The maximum absolute atomic E-state index is 12.3. The molecule has 4 rings (SSSR count). The molecular weight excluding hydrogens is 244 g/mol. The van der Waals surface area contributed by atoms with Gasteiger partial charge in [0.2, 0.25) is 6.79 Å². The number of nitrogens with two attached hydrogens (primary N) is 1. The minimum absolute atomic E-state index is 0.0278. The Morgan fingerprint density at radius 1 is 1.26 bits per heavy atom. The van der Waals surface area contributed by atoms with Crippen LogP contribution in [0.4, 0.5) is 0 Å². The Morgan fingerprint density at radius 3 is 2.74 bits per heavy atom. The lowest BCUT2D eigenvalue weighted by atomic mass is 9.85. The highest BCUT2D eigenvalue weighted by molar-refractivity contribution is 5.95. The van der Waals surface area contributed by atoms with Gasteiger partial charge in [0.1, 0.15) is 0 Å². The van der Waals surface area contributed by atoms with Crippen LogP contribution in [-0.2, 0) is 0 Å². The molecule has 0 aromatic heterocycles. The highest BCUT2D eigenvalue weighted by Gasteiger charge is 2.51. The smallest absolute Gasteiger partial charge is 0.254 e. The van der Waals surface area contributed by atoms with Crippen LogP contribution in [0.3, 0.4) is 0 Å². The van der Waals surface area contributed by atoms with Gasteiger partial charge in [-0.15, -0.1) is 0 Å². The molecule has 1 saturated carbocycles. The molecule has 0 bridgehead atoms. The lowest BCUT2D eigenvalue weighted by Gasteiger charge is -2.48. The lowest BCUT2D eigenvalue weighted by Crippen LogP contribution is -2.69. The summed E-state index contributed by atoms with van der Waals surface area (Å²) in [5.41, 5.74) is 6.77. The molecule has 5 nitrogen and oxygen atoms in total. The van der Waals surface area contributed by atoms with E-state index in [0.29, 0.717) is 36.1 Å². The molecule has 1 aliphatic carbocycles. The van der Waals surface area contributed by atoms with Crippen LogP contribution < -0.4 is 15.2 Å². The van der Waals surface area contributed by atoms with E-state index in [4.69, 9.17) is 15.2 Å². The van der Waals surface area contributed by atoms with E-state index in [2.05, 4.69) is 0 Å². The predicted molar refractivity (Wildman–Crippen MR) is 68.1 cm³/mol. The highest BCUT2D eigenvalue weighted by atomic mass is 16.7. The summed E-state index contributed by atoms with van der Waals surface area (Å²) in [7, 11) is 0. The molecule has 0 radical (unpaired) electrons. The van der Waals surface area contributed by atoms with Gasteiger partial charge in [-0.2, -0.15) is 0 Å². The minimum atomic E-state index is -0.133. The van der Waals surface area contributed by atoms with Gasteiger partial charge in [-0.1, -0.05) is 0 Å². The number of ether oxygens (including phenoxy) is 2. The second-order valence-electron chi connectivity index (χ2n) is 5.74. The molecule has 100 valence electrons. The summed E-state index contributed by atoms with van der Waals surface area (Å²) in [5, 5.41) is 0. The first-order valence-corrected chi connectivity index (χ1v) is 6.63. The monoisotopic (exact) mass is 260 g/mol. The first-order chi connectivity index (χ1) is 9.16. The topological polar surface area (TPSA) is 64.8 Å². The van der Waals surface area contributed by atoms with E-state index < -0.39 is 0 Å².